The second-order valence-electron chi connectivity index (χ2n) is 4.71. The van der Waals surface area contributed by atoms with Gasteiger partial charge in [0.1, 0.15) is 16.2 Å². The molecular formula is C13H18N4S. The van der Waals surface area contributed by atoms with Gasteiger partial charge in [-0.2, -0.15) is 5.10 Å². The van der Waals surface area contributed by atoms with Crippen molar-refractivity contribution >= 4 is 18.0 Å². The van der Waals surface area contributed by atoms with Gasteiger partial charge in [0.2, 0.25) is 0 Å². The minimum absolute atomic E-state index is 0.691. The van der Waals surface area contributed by atoms with Crippen molar-refractivity contribution in [1.29, 1.82) is 0 Å². The molecule has 0 fully saturated rings. The smallest absolute Gasteiger partial charge is 0.124 e. The Balaban J connectivity index is 2.83. The molecule has 0 unspecified atom stereocenters. The molecule has 0 aliphatic heterocycles. The molecule has 2 aromatic rings. The first kappa shape index (κ1) is 12.8. The number of nitrogen functional groups attached to an aromatic ring is 1. The Kier molecular flexibility index (Phi) is 3.02. The Morgan fingerprint density at radius 1 is 1.17 bits per heavy atom. The van der Waals surface area contributed by atoms with Gasteiger partial charge in [-0.25, -0.2) is 0 Å². The zero-order chi connectivity index (χ0) is 13.6. The maximum atomic E-state index is 5.97. The number of nitrogens with zero attached hydrogens (tertiary/aromatic N) is 3. The van der Waals surface area contributed by atoms with E-state index in [0.717, 1.165) is 32.7 Å². The Morgan fingerprint density at radius 2 is 1.78 bits per heavy atom. The number of hydrogen-bond donors (Lipinski definition) is 1. The summed E-state index contributed by atoms with van der Waals surface area (Å²) in [7, 11) is 3.83. The molecule has 96 valence electrons. The number of aromatic nitrogens is 3. The number of aryl methyl sites for hydroxylation is 3. The number of pyridine rings is 1. The first-order valence-electron chi connectivity index (χ1n) is 5.81. The highest BCUT2D eigenvalue weighted by molar-refractivity contribution is 7.71. The van der Waals surface area contributed by atoms with Crippen LogP contribution in [0.3, 0.4) is 0 Å². The molecule has 2 aromatic heterocycles. The monoisotopic (exact) mass is 262 g/mol. The van der Waals surface area contributed by atoms with E-state index in [9.17, 15) is 0 Å². The summed E-state index contributed by atoms with van der Waals surface area (Å²) in [6.07, 6.45) is 0. The molecule has 2 heterocycles. The molecule has 0 aliphatic rings. The lowest BCUT2D eigenvalue weighted by Gasteiger charge is -2.13. The zero-order valence-electron chi connectivity index (χ0n) is 11.4. The molecule has 2 N–H and O–H groups in total. The average molecular weight is 262 g/mol. The van der Waals surface area contributed by atoms with E-state index in [-0.39, 0.29) is 0 Å². The second-order valence-corrected chi connectivity index (χ2v) is 5.09. The highest BCUT2D eigenvalue weighted by Gasteiger charge is 2.16. The molecule has 5 heteroatoms. The number of anilines is 1. The summed E-state index contributed by atoms with van der Waals surface area (Å²) >= 11 is 5.42. The van der Waals surface area contributed by atoms with E-state index in [1.165, 1.54) is 0 Å². The van der Waals surface area contributed by atoms with Crippen molar-refractivity contribution in [2.45, 2.75) is 20.8 Å². The molecule has 0 aliphatic carbocycles. The van der Waals surface area contributed by atoms with E-state index >= 15 is 0 Å². The fourth-order valence-corrected chi connectivity index (χ4v) is 2.45. The van der Waals surface area contributed by atoms with Crippen molar-refractivity contribution in [2.24, 2.45) is 14.1 Å². The van der Waals surface area contributed by atoms with Gasteiger partial charge in [-0.05, 0) is 31.9 Å². The lowest BCUT2D eigenvalue weighted by atomic mass is 10.1. The van der Waals surface area contributed by atoms with Crippen LogP contribution in [0.4, 0.5) is 5.82 Å². The van der Waals surface area contributed by atoms with Gasteiger partial charge >= 0.3 is 0 Å². The van der Waals surface area contributed by atoms with Crippen molar-refractivity contribution in [1.82, 2.24) is 14.3 Å². The van der Waals surface area contributed by atoms with Gasteiger partial charge in [-0.3, -0.25) is 4.68 Å². The van der Waals surface area contributed by atoms with Crippen LogP contribution in [-0.2, 0) is 14.1 Å². The van der Waals surface area contributed by atoms with Crippen LogP contribution in [0, 0.1) is 25.4 Å². The largest absolute Gasteiger partial charge is 0.384 e. The van der Waals surface area contributed by atoms with E-state index in [2.05, 4.69) is 18.1 Å². The third kappa shape index (κ3) is 1.75. The summed E-state index contributed by atoms with van der Waals surface area (Å²) in [6.45, 7) is 6.08. The van der Waals surface area contributed by atoms with Crippen LogP contribution in [0.15, 0.2) is 6.07 Å². The van der Waals surface area contributed by atoms with Crippen LogP contribution < -0.4 is 5.73 Å². The van der Waals surface area contributed by atoms with Gasteiger partial charge < -0.3 is 10.3 Å². The van der Waals surface area contributed by atoms with Crippen molar-refractivity contribution in [3.05, 3.63) is 27.4 Å². The van der Waals surface area contributed by atoms with Crippen molar-refractivity contribution in [2.75, 3.05) is 5.73 Å². The van der Waals surface area contributed by atoms with Crippen LogP contribution in [-0.4, -0.2) is 14.3 Å². The average Bonchev–Trinajstić information content (AvgIpc) is 2.55. The van der Waals surface area contributed by atoms with Crippen molar-refractivity contribution in [3.63, 3.8) is 0 Å². The normalized spacial score (nSPS) is 10.9. The lowest BCUT2D eigenvalue weighted by molar-refractivity contribution is 0.774. The van der Waals surface area contributed by atoms with E-state index < -0.39 is 0 Å². The molecule has 0 radical (unpaired) electrons. The quantitative estimate of drug-likeness (QED) is 0.804. The fourth-order valence-electron chi connectivity index (χ4n) is 2.30. The third-order valence-corrected chi connectivity index (χ3v) is 3.94. The van der Waals surface area contributed by atoms with Crippen LogP contribution >= 0.6 is 12.2 Å². The molecule has 0 spiro atoms. The summed E-state index contributed by atoms with van der Waals surface area (Å²) in [6, 6.07) is 2.10. The van der Waals surface area contributed by atoms with E-state index in [4.69, 9.17) is 18.0 Å². The highest BCUT2D eigenvalue weighted by Crippen LogP contribution is 2.29. The van der Waals surface area contributed by atoms with Gasteiger partial charge in [0.25, 0.3) is 0 Å². The maximum absolute atomic E-state index is 5.97. The molecule has 0 aromatic carbocycles. The number of rotatable bonds is 1. The summed E-state index contributed by atoms with van der Waals surface area (Å²) in [4.78, 5) is 0. The Morgan fingerprint density at radius 3 is 2.28 bits per heavy atom. The molecule has 2 rings (SSSR count). The highest BCUT2D eigenvalue weighted by atomic mass is 32.1. The number of hydrogen-bond acceptors (Lipinski definition) is 3. The molecule has 18 heavy (non-hydrogen) atoms. The number of nitrogens with two attached hydrogens (primary N) is 1. The van der Waals surface area contributed by atoms with Crippen LogP contribution in [0.25, 0.3) is 11.4 Å². The third-order valence-electron chi connectivity index (χ3n) is 3.35. The minimum atomic E-state index is 0.691. The molecule has 0 saturated heterocycles. The fraction of sp³-hybridized carbons (Fsp3) is 0.385. The Hall–Kier alpha value is -1.62. The molecule has 0 saturated carbocycles. The predicted octanol–water partition coefficient (Wildman–Crippen LogP) is 2.66. The zero-order valence-corrected chi connectivity index (χ0v) is 12.2. The second kappa shape index (κ2) is 4.24. The van der Waals surface area contributed by atoms with E-state index in [0.29, 0.717) is 5.82 Å². The Labute approximate surface area is 112 Å². The summed E-state index contributed by atoms with van der Waals surface area (Å²) in [5, 5.41) is 4.50. The SMILES string of the molecule is Cc1cc(C)c(=S)n(C)c1-c1nn(C)c(N)c1C. The summed E-state index contributed by atoms with van der Waals surface area (Å²) < 4.78 is 4.54. The van der Waals surface area contributed by atoms with E-state index in [1.54, 1.807) is 4.68 Å². The summed E-state index contributed by atoms with van der Waals surface area (Å²) in [5.41, 5.74) is 11.2. The first-order chi connectivity index (χ1) is 8.34. The van der Waals surface area contributed by atoms with Crippen molar-refractivity contribution in [3.8, 4) is 11.4 Å². The van der Waals surface area contributed by atoms with Gasteiger partial charge in [0, 0.05) is 19.7 Å². The molecule has 4 nitrogen and oxygen atoms in total. The van der Waals surface area contributed by atoms with Gasteiger partial charge in [-0.1, -0.05) is 18.3 Å². The lowest BCUT2D eigenvalue weighted by Crippen LogP contribution is -2.04. The predicted molar refractivity (Wildman–Crippen MR) is 77.1 cm³/mol. The molecular weight excluding hydrogens is 244 g/mol. The topological polar surface area (TPSA) is 48.8 Å². The van der Waals surface area contributed by atoms with Crippen LogP contribution in [0.2, 0.25) is 0 Å². The minimum Gasteiger partial charge on any atom is -0.384 e. The maximum Gasteiger partial charge on any atom is 0.124 e. The van der Waals surface area contributed by atoms with Crippen LogP contribution in [0.5, 0.6) is 0 Å². The van der Waals surface area contributed by atoms with E-state index in [1.807, 2.05) is 32.5 Å². The first-order valence-corrected chi connectivity index (χ1v) is 6.22. The molecule has 0 atom stereocenters. The molecule has 0 amide bonds. The summed E-state index contributed by atoms with van der Waals surface area (Å²) in [5.74, 6) is 0.691. The van der Waals surface area contributed by atoms with Gasteiger partial charge in [0.15, 0.2) is 0 Å². The van der Waals surface area contributed by atoms with Crippen LogP contribution in [0.1, 0.15) is 16.7 Å². The van der Waals surface area contributed by atoms with Gasteiger partial charge in [-0.15, -0.1) is 0 Å². The van der Waals surface area contributed by atoms with Crippen molar-refractivity contribution < 1.29 is 0 Å². The standard InChI is InChI=1S/C13H18N4S/c1-7-6-8(2)13(18)16(4)11(7)10-9(3)12(14)17(5)15-10/h6H,14H2,1-5H3. The Bertz CT molecular complexity index is 679. The molecule has 0 bridgehead atoms. The van der Waals surface area contributed by atoms with Gasteiger partial charge in [0.05, 0.1) is 5.69 Å².